The number of carbonyl (C=O) groups is 2. The molecule has 1 aliphatic rings. The van der Waals surface area contributed by atoms with Crippen LogP contribution in [0.4, 0.5) is 5.69 Å². The second-order valence-corrected chi connectivity index (χ2v) is 6.79. The first-order chi connectivity index (χ1) is 10.5. The van der Waals surface area contributed by atoms with Gasteiger partial charge in [-0.2, -0.15) is 0 Å². The molecule has 0 spiro atoms. The van der Waals surface area contributed by atoms with Gasteiger partial charge in [-0.15, -0.1) is 11.8 Å². The number of anilines is 1. The highest BCUT2D eigenvalue weighted by molar-refractivity contribution is 8.01. The minimum Gasteiger partial charge on any atom is -0.325 e. The van der Waals surface area contributed by atoms with Gasteiger partial charge in [0.2, 0.25) is 5.91 Å². The minimum absolute atomic E-state index is 0.00873. The lowest BCUT2D eigenvalue weighted by molar-refractivity contribution is -0.115. The summed E-state index contributed by atoms with van der Waals surface area (Å²) in [5.41, 5.74) is 3.83. The van der Waals surface area contributed by atoms with E-state index in [1.54, 1.807) is 36.0 Å². The van der Waals surface area contributed by atoms with E-state index in [2.05, 4.69) is 30.4 Å². The normalized spacial score (nSPS) is 16.2. The summed E-state index contributed by atoms with van der Waals surface area (Å²) in [6.07, 6.45) is 0.762. The first kappa shape index (κ1) is 14.9. The van der Waals surface area contributed by atoms with Crippen LogP contribution in [0, 0.1) is 6.92 Å². The highest BCUT2D eigenvalue weighted by Crippen LogP contribution is 2.38. The number of nitrogens with one attached hydrogen (secondary N) is 1. The molecule has 0 aromatic heterocycles. The largest absolute Gasteiger partial charge is 0.325 e. The van der Waals surface area contributed by atoms with Gasteiger partial charge in [0.25, 0.3) is 0 Å². The monoisotopic (exact) mass is 311 g/mol. The van der Waals surface area contributed by atoms with Crippen LogP contribution < -0.4 is 5.32 Å². The molecule has 0 bridgehead atoms. The third-order valence-corrected chi connectivity index (χ3v) is 5.05. The van der Waals surface area contributed by atoms with Crippen molar-refractivity contribution in [3.63, 3.8) is 0 Å². The van der Waals surface area contributed by atoms with Crippen molar-refractivity contribution >= 4 is 29.1 Å². The van der Waals surface area contributed by atoms with Crippen molar-refractivity contribution in [1.82, 2.24) is 0 Å². The highest BCUT2D eigenvalue weighted by atomic mass is 32.2. The summed E-state index contributed by atoms with van der Waals surface area (Å²) in [7, 11) is 0. The zero-order valence-corrected chi connectivity index (χ0v) is 13.4. The van der Waals surface area contributed by atoms with Crippen molar-refractivity contribution in [3.05, 3.63) is 59.2 Å². The van der Waals surface area contributed by atoms with Gasteiger partial charge in [-0.25, -0.2) is 0 Å². The Labute approximate surface area is 134 Å². The molecule has 1 N–H and O–H groups in total. The van der Waals surface area contributed by atoms with Gasteiger partial charge in [0.1, 0.15) is 0 Å². The van der Waals surface area contributed by atoms with Gasteiger partial charge in [-0.05, 0) is 56.2 Å². The Hall–Kier alpha value is -2.07. The van der Waals surface area contributed by atoms with E-state index < -0.39 is 0 Å². The van der Waals surface area contributed by atoms with E-state index in [9.17, 15) is 9.59 Å². The predicted molar refractivity (Wildman–Crippen MR) is 89.6 cm³/mol. The molecule has 1 unspecified atom stereocenters. The predicted octanol–water partition coefficient (Wildman–Crippen LogP) is 3.85. The van der Waals surface area contributed by atoms with Crippen molar-refractivity contribution in [2.24, 2.45) is 0 Å². The molecule has 4 heteroatoms. The second kappa shape index (κ2) is 5.97. The van der Waals surface area contributed by atoms with Crippen LogP contribution in [0.25, 0.3) is 0 Å². The lowest BCUT2D eigenvalue weighted by atomic mass is 10.1. The molecule has 1 heterocycles. The number of fused-ring (bicyclic) bond motifs is 1. The molecule has 0 radical (unpaired) electrons. The molecule has 3 rings (SSSR count). The van der Waals surface area contributed by atoms with Crippen molar-refractivity contribution < 1.29 is 9.59 Å². The number of thioether (sulfide) groups is 1. The van der Waals surface area contributed by atoms with Gasteiger partial charge >= 0.3 is 0 Å². The number of hydrogen-bond acceptors (Lipinski definition) is 3. The van der Waals surface area contributed by atoms with Crippen LogP contribution in [0.3, 0.4) is 0 Å². The molecule has 1 atom stereocenters. The first-order valence-corrected chi connectivity index (χ1v) is 8.09. The van der Waals surface area contributed by atoms with Gasteiger partial charge < -0.3 is 5.32 Å². The lowest BCUT2D eigenvalue weighted by Crippen LogP contribution is -2.24. The summed E-state index contributed by atoms with van der Waals surface area (Å²) in [5, 5.41) is 2.84. The Morgan fingerprint density at radius 1 is 1.14 bits per heavy atom. The number of ketones is 1. The molecular formula is C18H17NO2S. The van der Waals surface area contributed by atoms with Gasteiger partial charge in [0, 0.05) is 16.1 Å². The minimum atomic E-state index is -0.0933. The Balaban J connectivity index is 1.67. The van der Waals surface area contributed by atoms with Crippen LogP contribution in [0.2, 0.25) is 0 Å². The van der Waals surface area contributed by atoms with Crippen LogP contribution in [0.1, 0.15) is 28.4 Å². The molecule has 1 aliphatic heterocycles. The van der Waals surface area contributed by atoms with Crippen molar-refractivity contribution in [2.45, 2.75) is 30.4 Å². The van der Waals surface area contributed by atoms with E-state index in [-0.39, 0.29) is 16.9 Å². The third-order valence-electron chi connectivity index (χ3n) is 3.75. The molecule has 0 aliphatic carbocycles. The number of aryl methyl sites for hydroxylation is 1. The van der Waals surface area contributed by atoms with E-state index in [1.807, 2.05) is 0 Å². The smallest absolute Gasteiger partial charge is 0.238 e. The average Bonchev–Trinajstić information content (AvgIpc) is 2.91. The van der Waals surface area contributed by atoms with Crippen molar-refractivity contribution in [1.29, 1.82) is 0 Å². The second-order valence-electron chi connectivity index (χ2n) is 5.54. The lowest BCUT2D eigenvalue weighted by Gasteiger charge is -2.10. The maximum absolute atomic E-state index is 12.4. The Morgan fingerprint density at radius 3 is 2.55 bits per heavy atom. The van der Waals surface area contributed by atoms with Gasteiger partial charge in [-0.3, -0.25) is 9.59 Å². The number of carbonyl (C=O) groups excluding carboxylic acids is 2. The quantitative estimate of drug-likeness (QED) is 0.876. The molecule has 0 saturated carbocycles. The first-order valence-electron chi connectivity index (χ1n) is 7.21. The van der Waals surface area contributed by atoms with Crippen molar-refractivity contribution in [3.8, 4) is 0 Å². The fourth-order valence-electron chi connectivity index (χ4n) is 2.49. The summed E-state index contributed by atoms with van der Waals surface area (Å²) in [6.45, 7) is 3.59. The van der Waals surface area contributed by atoms with E-state index in [4.69, 9.17) is 0 Å². The Kier molecular flexibility index (Phi) is 4.03. The molecule has 2 aromatic rings. The molecule has 3 nitrogen and oxygen atoms in total. The summed E-state index contributed by atoms with van der Waals surface area (Å²) in [6, 6.07) is 13.3. The third kappa shape index (κ3) is 3.07. The molecular weight excluding hydrogens is 294 g/mol. The summed E-state index contributed by atoms with van der Waals surface area (Å²) in [5.74, 6) is 0.0319. The zero-order valence-electron chi connectivity index (χ0n) is 12.6. The highest BCUT2D eigenvalue weighted by Gasteiger charge is 2.28. The maximum atomic E-state index is 12.4. The SMILES string of the molecule is CC(=O)c1ccc(NC(=O)C2Cc3ccc(C)cc3S2)cc1. The van der Waals surface area contributed by atoms with E-state index in [0.717, 1.165) is 12.1 Å². The number of Topliss-reactive ketones (excluding diaryl/α,β-unsaturated/α-hetero) is 1. The Bertz CT molecular complexity index is 737. The zero-order chi connectivity index (χ0) is 15.7. The summed E-state index contributed by atoms with van der Waals surface area (Å²) < 4.78 is 0. The molecule has 22 heavy (non-hydrogen) atoms. The molecule has 0 fully saturated rings. The van der Waals surface area contributed by atoms with Gasteiger partial charge in [0.15, 0.2) is 5.78 Å². The van der Waals surface area contributed by atoms with Crippen LogP contribution in [-0.4, -0.2) is 16.9 Å². The van der Waals surface area contributed by atoms with Crippen molar-refractivity contribution in [2.75, 3.05) is 5.32 Å². The standard InChI is InChI=1S/C18H17NO2S/c1-11-3-4-14-10-17(22-16(14)9-11)18(21)19-15-7-5-13(6-8-15)12(2)20/h3-9,17H,10H2,1-2H3,(H,19,21). The van der Waals surface area contributed by atoms with E-state index in [1.165, 1.54) is 22.9 Å². The average molecular weight is 311 g/mol. The number of benzene rings is 2. The fraction of sp³-hybridized carbons (Fsp3) is 0.222. The number of amides is 1. The van der Waals surface area contributed by atoms with Crippen LogP contribution in [0.5, 0.6) is 0 Å². The molecule has 1 amide bonds. The topological polar surface area (TPSA) is 46.2 Å². The maximum Gasteiger partial charge on any atom is 0.238 e. The Morgan fingerprint density at radius 2 is 1.86 bits per heavy atom. The van der Waals surface area contributed by atoms with Crippen LogP contribution >= 0.6 is 11.8 Å². The molecule has 2 aromatic carbocycles. The van der Waals surface area contributed by atoms with E-state index in [0.29, 0.717) is 5.56 Å². The van der Waals surface area contributed by atoms with Crippen LogP contribution in [-0.2, 0) is 11.2 Å². The molecule has 0 saturated heterocycles. The summed E-state index contributed by atoms with van der Waals surface area (Å²) in [4.78, 5) is 24.8. The number of hydrogen-bond donors (Lipinski definition) is 1. The van der Waals surface area contributed by atoms with Gasteiger partial charge in [0.05, 0.1) is 5.25 Å². The fourth-order valence-corrected chi connectivity index (χ4v) is 3.78. The van der Waals surface area contributed by atoms with Gasteiger partial charge in [-0.1, -0.05) is 17.7 Å². The molecule has 112 valence electrons. The summed E-state index contributed by atoms with van der Waals surface area (Å²) >= 11 is 1.62. The number of rotatable bonds is 3. The van der Waals surface area contributed by atoms with Crippen LogP contribution in [0.15, 0.2) is 47.4 Å². The van der Waals surface area contributed by atoms with E-state index >= 15 is 0 Å².